The van der Waals surface area contributed by atoms with Gasteiger partial charge in [0.05, 0.1) is 13.2 Å². The predicted molar refractivity (Wildman–Crippen MR) is 81.0 cm³/mol. The lowest BCUT2D eigenvalue weighted by atomic mass is 10.1. The highest BCUT2D eigenvalue weighted by atomic mass is 16.7. The van der Waals surface area contributed by atoms with Gasteiger partial charge in [-0.15, -0.1) is 0 Å². The fourth-order valence-corrected chi connectivity index (χ4v) is 2.90. The van der Waals surface area contributed by atoms with Gasteiger partial charge in [0.2, 0.25) is 12.7 Å². The van der Waals surface area contributed by atoms with E-state index in [9.17, 15) is 9.59 Å². The van der Waals surface area contributed by atoms with Crippen LogP contribution in [-0.2, 0) is 20.9 Å². The first kappa shape index (κ1) is 15.6. The maximum absolute atomic E-state index is 12.4. The first-order valence-electron chi connectivity index (χ1n) is 7.57. The van der Waals surface area contributed by atoms with E-state index in [0.29, 0.717) is 19.6 Å². The van der Waals surface area contributed by atoms with Gasteiger partial charge in [-0.2, -0.15) is 0 Å². The number of hydrogen-bond acceptors (Lipinski definition) is 6. The van der Waals surface area contributed by atoms with Crippen LogP contribution < -0.4 is 9.47 Å². The second kappa shape index (κ2) is 6.45. The van der Waals surface area contributed by atoms with E-state index in [1.165, 1.54) is 7.11 Å². The predicted octanol–water partition coefficient (Wildman–Crippen LogP) is 0.621. The average molecular weight is 320 g/mol. The van der Waals surface area contributed by atoms with E-state index in [4.69, 9.17) is 9.47 Å². The van der Waals surface area contributed by atoms with Gasteiger partial charge >= 0.3 is 5.97 Å². The maximum atomic E-state index is 12.4. The van der Waals surface area contributed by atoms with E-state index in [0.717, 1.165) is 17.1 Å². The van der Waals surface area contributed by atoms with Crippen LogP contribution in [0.2, 0.25) is 0 Å². The van der Waals surface area contributed by atoms with Gasteiger partial charge < -0.3 is 19.1 Å². The number of ether oxygens (including phenoxy) is 3. The molecule has 0 saturated carbocycles. The number of rotatable bonds is 4. The van der Waals surface area contributed by atoms with Crippen molar-refractivity contribution in [1.29, 1.82) is 0 Å². The summed E-state index contributed by atoms with van der Waals surface area (Å²) in [5, 5.41) is 0. The first-order valence-corrected chi connectivity index (χ1v) is 7.57. The molecule has 2 heterocycles. The molecule has 0 aliphatic carbocycles. The minimum atomic E-state index is -0.398. The van der Waals surface area contributed by atoms with Crippen molar-refractivity contribution in [3.63, 3.8) is 0 Å². The summed E-state index contributed by atoms with van der Waals surface area (Å²) in [4.78, 5) is 27.4. The number of esters is 1. The smallest absolute Gasteiger partial charge is 0.325 e. The van der Waals surface area contributed by atoms with Gasteiger partial charge in [-0.3, -0.25) is 14.5 Å². The van der Waals surface area contributed by atoms with Crippen molar-refractivity contribution in [2.24, 2.45) is 0 Å². The van der Waals surface area contributed by atoms with Gasteiger partial charge in [0, 0.05) is 25.2 Å². The van der Waals surface area contributed by atoms with Gasteiger partial charge in [-0.1, -0.05) is 12.1 Å². The molecule has 0 N–H and O–H groups in total. The Hall–Kier alpha value is -2.28. The maximum Gasteiger partial charge on any atom is 0.325 e. The van der Waals surface area contributed by atoms with Crippen LogP contribution in [0.3, 0.4) is 0 Å². The molecule has 124 valence electrons. The number of benzene rings is 1. The number of methoxy groups -OCH3 is 1. The lowest BCUT2D eigenvalue weighted by Crippen LogP contribution is -2.56. The number of hydrogen-bond donors (Lipinski definition) is 0. The Morgan fingerprint density at radius 2 is 2.17 bits per heavy atom. The number of fused-ring (bicyclic) bond motifs is 1. The monoisotopic (exact) mass is 320 g/mol. The van der Waals surface area contributed by atoms with Crippen LogP contribution in [0.5, 0.6) is 11.5 Å². The Kier molecular flexibility index (Phi) is 4.38. The number of carbonyl (C=O) groups excluding carboxylic acids is 2. The number of amides is 1. The summed E-state index contributed by atoms with van der Waals surface area (Å²) in [5.41, 5.74) is 1.00. The second-order valence-corrected chi connectivity index (χ2v) is 5.63. The Morgan fingerprint density at radius 3 is 2.96 bits per heavy atom. The number of piperazine rings is 1. The van der Waals surface area contributed by atoms with Crippen LogP contribution in [0, 0.1) is 0 Å². The largest absolute Gasteiger partial charge is 0.468 e. The molecule has 1 amide bonds. The highest BCUT2D eigenvalue weighted by molar-refractivity contribution is 5.86. The molecule has 1 unspecified atom stereocenters. The van der Waals surface area contributed by atoms with E-state index >= 15 is 0 Å². The summed E-state index contributed by atoms with van der Waals surface area (Å²) < 4.78 is 15.5. The minimum absolute atomic E-state index is 0.00516. The quantitative estimate of drug-likeness (QED) is 0.758. The van der Waals surface area contributed by atoms with Crippen molar-refractivity contribution in [3.8, 4) is 11.5 Å². The zero-order chi connectivity index (χ0) is 16.4. The van der Waals surface area contributed by atoms with Gasteiger partial charge in [0.1, 0.15) is 6.54 Å². The summed E-state index contributed by atoms with van der Waals surface area (Å²) in [6.07, 6.45) is 0. The van der Waals surface area contributed by atoms with Crippen molar-refractivity contribution in [2.45, 2.75) is 19.5 Å². The number of carbonyl (C=O) groups is 2. The Labute approximate surface area is 134 Å². The standard InChI is InChI=1S/C16H20N2O5/c1-11-16(20)18(9-14(19)21-2)7-6-17(11)8-12-4-3-5-13-15(12)23-10-22-13/h3-5,11H,6-10H2,1-2H3. The molecule has 1 fully saturated rings. The highest BCUT2D eigenvalue weighted by Crippen LogP contribution is 2.36. The van der Waals surface area contributed by atoms with Crippen molar-refractivity contribution >= 4 is 11.9 Å². The van der Waals surface area contributed by atoms with E-state index in [1.807, 2.05) is 25.1 Å². The molecule has 1 saturated heterocycles. The average Bonchev–Trinajstić information content (AvgIpc) is 3.04. The van der Waals surface area contributed by atoms with Gasteiger partial charge in [-0.25, -0.2) is 0 Å². The molecule has 7 nitrogen and oxygen atoms in total. The molecular formula is C16H20N2O5. The van der Waals surface area contributed by atoms with Gasteiger partial charge in [0.25, 0.3) is 0 Å². The molecule has 1 aromatic rings. The van der Waals surface area contributed by atoms with Gasteiger partial charge in [0.15, 0.2) is 11.5 Å². The van der Waals surface area contributed by atoms with Crippen molar-refractivity contribution in [3.05, 3.63) is 23.8 Å². The molecule has 1 aromatic carbocycles. The fourth-order valence-electron chi connectivity index (χ4n) is 2.90. The molecule has 0 bridgehead atoms. The Bertz CT molecular complexity index is 618. The van der Waals surface area contributed by atoms with E-state index in [2.05, 4.69) is 9.64 Å². The fraction of sp³-hybridized carbons (Fsp3) is 0.500. The van der Waals surface area contributed by atoms with Crippen LogP contribution in [-0.4, -0.2) is 61.3 Å². The van der Waals surface area contributed by atoms with E-state index in [1.54, 1.807) is 4.90 Å². The third-order valence-electron chi connectivity index (χ3n) is 4.27. The van der Waals surface area contributed by atoms with Crippen molar-refractivity contribution in [1.82, 2.24) is 9.80 Å². The minimum Gasteiger partial charge on any atom is -0.468 e. The topological polar surface area (TPSA) is 68.3 Å². The number of para-hydroxylation sites is 1. The summed E-state index contributed by atoms with van der Waals surface area (Å²) >= 11 is 0. The van der Waals surface area contributed by atoms with E-state index < -0.39 is 5.97 Å². The molecule has 7 heteroatoms. The van der Waals surface area contributed by atoms with Crippen LogP contribution in [0.4, 0.5) is 0 Å². The number of nitrogens with zero attached hydrogens (tertiary/aromatic N) is 2. The normalized spacial score (nSPS) is 20.7. The van der Waals surface area contributed by atoms with Crippen LogP contribution in [0.1, 0.15) is 12.5 Å². The lowest BCUT2D eigenvalue weighted by Gasteiger charge is -2.38. The first-order chi connectivity index (χ1) is 11.1. The second-order valence-electron chi connectivity index (χ2n) is 5.63. The molecule has 2 aliphatic rings. The molecule has 23 heavy (non-hydrogen) atoms. The summed E-state index contributed by atoms with van der Waals surface area (Å²) in [5.74, 6) is 1.03. The summed E-state index contributed by atoms with van der Waals surface area (Å²) in [7, 11) is 1.32. The third kappa shape index (κ3) is 3.10. The van der Waals surface area contributed by atoms with Crippen LogP contribution >= 0.6 is 0 Å². The molecular weight excluding hydrogens is 300 g/mol. The van der Waals surface area contributed by atoms with Crippen molar-refractivity contribution in [2.75, 3.05) is 33.5 Å². The van der Waals surface area contributed by atoms with Crippen LogP contribution in [0.25, 0.3) is 0 Å². The third-order valence-corrected chi connectivity index (χ3v) is 4.27. The molecule has 0 aromatic heterocycles. The molecule has 2 aliphatic heterocycles. The molecule has 0 spiro atoms. The molecule has 3 rings (SSSR count). The molecule has 1 atom stereocenters. The van der Waals surface area contributed by atoms with Crippen LogP contribution in [0.15, 0.2) is 18.2 Å². The van der Waals surface area contributed by atoms with Crippen molar-refractivity contribution < 1.29 is 23.8 Å². The summed E-state index contributed by atoms with van der Waals surface area (Å²) in [6, 6.07) is 5.47. The Balaban J connectivity index is 1.68. The zero-order valence-corrected chi connectivity index (χ0v) is 13.3. The SMILES string of the molecule is COC(=O)CN1CCN(Cc2cccc3c2OCO3)C(C)C1=O. The van der Waals surface area contributed by atoms with Gasteiger partial charge in [-0.05, 0) is 13.0 Å². The summed E-state index contributed by atoms with van der Waals surface area (Å²) in [6.45, 7) is 3.88. The zero-order valence-electron chi connectivity index (χ0n) is 13.3. The lowest BCUT2D eigenvalue weighted by molar-refractivity contribution is -0.151. The Morgan fingerprint density at radius 1 is 1.35 bits per heavy atom. The van der Waals surface area contributed by atoms with E-state index in [-0.39, 0.29) is 25.3 Å². The highest BCUT2D eigenvalue weighted by Gasteiger charge is 2.33. The molecule has 0 radical (unpaired) electrons.